The molecule has 1 unspecified atom stereocenters. The molecule has 2 aliphatic heterocycles. The van der Waals surface area contributed by atoms with Gasteiger partial charge in [-0.15, -0.1) is 0 Å². The summed E-state index contributed by atoms with van der Waals surface area (Å²) in [5.41, 5.74) is 4.63. The van der Waals surface area contributed by atoms with Gasteiger partial charge in [0, 0.05) is 38.2 Å². The summed E-state index contributed by atoms with van der Waals surface area (Å²) in [5.74, 6) is 0.959. The van der Waals surface area contributed by atoms with Gasteiger partial charge in [0.25, 0.3) is 0 Å². The van der Waals surface area contributed by atoms with Crippen LogP contribution in [0.5, 0.6) is 6.01 Å². The highest BCUT2D eigenvalue weighted by atomic mass is 16.5. The molecule has 0 radical (unpaired) electrons. The highest BCUT2D eigenvalue weighted by molar-refractivity contribution is 5.89. The lowest BCUT2D eigenvalue weighted by Gasteiger charge is -2.33. The van der Waals surface area contributed by atoms with E-state index in [1.807, 2.05) is 0 Å². The largest absolute Gasteiger partial charge is 0.467 e. The van der Waals surface area contributed by atoms with Crippen LogP contribution >= 0.6 is 0 Å². The molecular weight excluding hydrogens is 364 g/mol. The average Bonchev–Trinajstić information content (AvgIpc) is 2.78. The van der Waals surface area contributed by atoms with Crippen molar-refractivity contribution in [3.05, 3.63) is 58.8 Å². The molecule has 0 amide bonds. The summed E-state index contributed by atoms with van der Waals surface area (Å²) in [6, 6.07) is 13.3. The molecule has 2 aliphatic rings. The molecule has 1 N–H and O–H groups in total. The maximum Gasteiger partial charge on any atom is 0.318 e. The summed E-state index contributed by atoms with van der Waals surface area (Å²) in [5, 5.41) is 5.93. The maximum atomic E-state index is 6.40. The smallest absolute Gasteiger partial charge is 0.318 e. The molecule has 0 saturated carbocycles. The molecule has 1 fully saturated rings. The van der Waals surface area contributed by atoms with Crippen LogP contribution in [0.3, 0.4) is 0 Å². The first-order valence-corrected chi connectivity index (χ1v) is 10.2. The molecule has 0 spiro atoms. The Labute approximate surface area is 170 Å². The Morgan fingerprint density at radius 3 is 2.69 bits per heavy atom. The minimum Gasteiger partial charge on any atom is -0.467 e. The average molecular weight is 390 g/mol. The van der Waals surface area contributed by atoms with Gasteiger partial charge >= 0.3 is 6.01 Å². The van der Waals surface area contributed by atoms with Crippen LogP contribution in [0.15, 0.2) is 36.4 Å². The van der Waals surface area contributed by atoms with Gasteiger partial charge in [0.15, 0.2) is 0 Å². The third-order valence-electron chi connectivity index (χ3n) is 5.95. The number of hydrogen-bond acceptors (Lipinski definition) is 6. The first-order valence-electron chi connectivity index (χ1n) is 10.2. The second kappa shape index (κ2) is 7.61. The maximum absolute atomic E-state index is 6.40. The van der Waals surface area contributed by atoms with E-state index in [4.69, 9.17) is 14.5 Å². The number of aryl methyl sites for hydroxylation is 1. The van der Waals surface area contributed by atoms with Crippen molar-refractivity contribution in [1.29, 1.82) is 0 Å². The monoisotopic (exact) mass is 390 g/mol. The molecule has 1 aromatic heterocycles. The van der Waals surface area contributed by atoms with Crippen LogP contribution in [0.1, 0.15) is 28.5 Å². The van der Waals surface area contributed by atoms with Crippen molar-refractivity contribution < 1.29 is 9.47 Å². The number of hydrogen-bond donors (Lipinski definition) is 1. The SMILES string of the molecule is COc1nc2c(c(N3CCNCC3)n1)COC(c1cccc3cccc(C)c13)C2. The number of nitrogens with one attached hydrogen (secondary N) is 1. The van der Waals surface area contributed by atoms with E-state index >= 15 is 0 Å². The molecule has 150 valence electrons. The predicted molar refractivity (Wildman–Crippen MR) is 114 cm³/mol. The number of anilines is 1. The molecule has 6 nitrogen and oxygen atoms in total. The van der Waals surface area contributed by atoms with Gasteiger partial charge in [0.2, 0.25) is 0 Å². The molecule has 29 heavy (non-hydrogen) atoms. The quantitative estimate of drug-likeness (QED) is 0.741. The number of benzene rings is 2. The Morgan fingerprint density at radius 1 is 1.10 bits per heavy atom. The van der Waals surface area contributed by atoms with Gasteiger partial charge in [-0.2, -0.15) is 9.97 Å². The first-order chi connectivity index (χ1) is 14.2. The van der Waals surface area contributed by atoms with Gasteiger partial charge < -0.3 is 19.7 Å². The fourth-order valence-electron chi connectivity index (χ4n) is 4.49. The Kier molecular flexibility index (Phi) is 4.81. The van der Waals surface area contributed by atoms with Crippen LogP contribution in [0.2, 0.25) is 0 Å². The fraction of sp³-hybridized carbons (Fsp3) is 0.391. The topological polar surface area (TPSA) is 59.5 Å². The Balaban J connectivity index is 1.55. The van der Waals surface area contributed by atoms with E-state index in [0.717, 1.165) is 49.7 Å². The highest BCUT2D eigenvalue weighted by Crippen LogP contribution is 2.38. The molecule has 5 rings (SSSR count). The number of rotatable bonds is 3. The van der Waals surface area contributed by atoms with Crippen molar-refractivity contribution in [1.82, 2.24) is 15.3 Å². The van der Waals surface area contributed by atoms with Crippen LogP contribution in [-0.4, -0.2) is 43.3 Å². The van der Waals surface area contributed by atoms with E-state index in [1.54, 1.807) is 7.11 Å². The number of piperazine rings is 1. The number of aromatic nitrogens is 2. The summed E-state index contributed by atoms with van der Waals surface area (Å²) in [6.45, 7) is 6.46. The Bertz CT molecular complexity index is 1040. The third kappa shape index (κ3) is 3.32. The van der Waals surface area contributed by atoms with E-state index in [9.17, 15) is 0 Å². The third-order valence-corrected chi connectivity index (χ3v) is 5.95. The van der Waals surface area contributed by atoms with Gasteiger partial charge in [-0.05, 0) is 28.8 Å². The van der Waals surface area contributed by atoms with Crippen LogP contribution in [-0.2, 0) is 17.8 Å². The summed E-state index contributed by atoms with van der Waals surface area (Å²) >= 11 is 0. The highest BCUT2D eigenvalue weighted by Gasteiger charge is 2.29. The second-order valence-electron chi connectivity index (χ2n) is 7.72. The standard InChI is InChI=1S/C23H26N4O2/c1-15-5-3-6-16-7-4-8-17(21(15)16)20-13-19-18(14-29-20)22(26-23(25-19)28-2)27-11-9-24-10-12-27/h3-8,20,24H,9-14H2,1-2H3. The second-order valence-corrected chi connectivity index (χ2v) is 7.72. The molecule has 0 bridgehead atoms. The fourth-order valence-corrected chi connectivity index (χ4v) is 4.49. The molecule has 0 aliphatic carbocycles. The lowest BCUT2D eigenvalue weighted by atomic mass is 9.92. The van der Waals surface area contributed by atoms with Crippen molar-refractivity contribution in [3.63, 3.8) is 0 Å². The summed E-state index contributed by atoms with van der Waals surface area (Å²) in [7, 11) is 1.63. The van der Waals surface area contributed by atoms with Gasteiger partial charge in [0.05, 0.1) is 25.5 Å². The predicted octanol–water partition coefficient (Wildman–Crippen LogP) is 3.17. The van der Waals surface area contributed by atoms with E-state index in [-0.39, 0.29) is 6.10 Å². The molecule has 1 atom stereocenters. The molecule has 6 heteroatoms. The summed E-state index contributed by atoms with van der Waals surface area (Å²) in [6.07, 6.45) is 0.698. The van der Waals surface area contributed by atoms with E-state index < -0.39 is 0 Å². The van der Waals surface area contributed by atoms with Gasteiger partial charge in [-0.25, -0.2) is 0 Å². The lowest BCUT2D eigenvalue weighted by molar-refractivity contribution is 0.0266. The van der Waals surface area contributed by atoms with Gasteiger partial charge in [0.1, 0.15) is 5.82 Å². The zero-order chi connectivity index (χ0) is 19.8. The molecule has 2 aromatic carbocycles. The minimum atomic E-state index is -0.0252. The van der Waals surface area contributed by atoms with Crippen molar-refractivity contribution >= 4 is 16.6 Å². The molecule has 3 heterocycles. The first kappa shape index (κ1) is 18.3. The van der Waals surface area contributed by atoms with Crippen molar-refractivity contribution in [2.75, 3.05) is 38.2 Å². The van der Waals surface area contributed by atoms with Crippen LogP contribution in [0.4, 0.5) is 5.82 Å². The van der Waals surface area contributed by atoms with Gasteiger partial charge in [-0.1, -0.05) is 36.4 Å². The molecule has 3 aromatic rings. The number of fused-ring (bicyclic) bond motifs is 2. The van der Waals surface area contributed by atoms with Crippen LogP contribution < -0.4 is 15.0 Å². The van der Waals surface area contributed by atoms with E-state index in [2.05, 4.69) is 58.5 Å². The van der Waals surface area contributed by atoms with Crippen LogP contribution in [0.25, 0.3) is 10.8 Å². The Morgan fingerprint density at radius 2 is 1.90 bits per heavy atom. The number of ether oxygens (including phenoxy) is 2. The number of methoxy groups -OCH3 is 1. The van der Waals surface area contributed by atoms with Crippen molar-refractivity contribution in [2.24, 2.45) is 0 Å². The molecule has 1 saturated heterocycles. The summed E-state index contributed by atoms with van der Waals surface area (Å²) in [4.78, 5) is 11.7. The zero-order valence-corrected chi connectivity index (χ0v) is 16.9. The van der Waals surface area contributed by atoms with Crippen LogP contribution in [0, 0.1) is 6.92 Å². The lowest BCUT2D eigenvalue weighted by Crippen LogP contribution is -2.44. The van der Waals surface area contributed by atoms with Crippen molar-refractivity contribution in [3.8, 4) is 6.01 Å². The van der Waals surface area contributed by atoms with E-state index in [1.165, 1.54) is 21.9 Å². The van der Waals surface area contributed by atoms with Crippen molar-refractivity contribution in [2.45, 2.75) is 26.1 Å². The minimum absolute atomic E-state index is 0.0252. The zero-order valence-electron chi connectivity index (χ0n) is 16.9. The number of nitrogens with zero attached hydrogens (tertiary/aromatic N) is 3. The Hall–Kier alpha value is -2.70. The van der Waals surface area contributed by atoms with Gasteiger partial charge in [-0.3, -0.25) is 0 Å². The summed E-state index contributed by atoms with van der Waals surface area (Å²) < 4.78 is 11.8. The normalized spacial score (nSPS) is 19.2. The van der Waals surface area contributed by atoms with E-state index in [0.29, 0.717) is 12.6 Å². The molecular formula is C23H26N4O2.